The Balaban J connectivity index is 2.72. The number of ether oxygens (including phenoxy) is 1. The second-order valence-corrected chi connectivity index (χ2v) is 3.88. The number of nitrogens with one attached hydrogen (secondary N) is 2. The van der Waals surface area contributed by atoms with E-state index in [9.17, 15) is 14.0 Å². The molecule has 19 heavy (non-hydrogen) atoms. The van der Waals surface area contributed by atoms with Crippen LogP contribution in [0.3, 0.4) is 0 Å². The van der Waals surface area contributed by atoms with Crippen LogP contribution in [0.1, 0.15) is 5.56 Å². The highest BCUT2D eigenvalue weighted by Crippen LogP contribution is 2.18. The van der Waals surface area contributed by atoms with E-state index in [2.05, 4.69) is 15.4 Å². The zero-order valence-electron chi connectivity index (χ0n) is 10.6. The van der Waals surface area contributed by atoms with Gasteiger partial charge in [0.15, 0.2) is 6.04 Å². The number of methoxy groups -OCH3 is 1. The summed E-state index contributed by atoms with van der Waals surface area (Å²) in [5, 5.41) is 13.3. The maximum absolute atomic E-state index is 13.5. The molecular weight excluding hydrogens is 255 g/mol. The third-order valence-electron chi connectivity index (χ3n) is 2.40. The van der Waals surface area contributed by atoms with Crippen LogP contribution in [0.4, 0.5) is 14.9 Å². The molecule has 1 atom stereocenters. The van der Waals surface area contributed by atoms with Gasteiger partial charge in [0.05, 0.1) is 12.3 Å². The van der Waals surface area contributed by atoms with Crippen LogP contribution in [0.5, 0.6) is 0 Å². The molecule has 6 nitrogen and oxygen atoms in total. The molecule has 1 unspecified atom stereocenters. The van der Waals surface area contributed by atoms with E-state index >= 15 is 0 Å². The number of carbonyl (C=O) groups excluding carboxylic acids is 1. The number of carboxylic acid groups (broad SMARTS) is 1. The summed E-state index contributed by atoms with van der Waals surface area (Å²) < 4.78 is 18.1. The van der Waals surface area contributed by atoms with Crippen molar-refractivity contribution in [3.8, 4) is 0 Å². The predicted octanol–water partition coefficient (Wildman–Crippen LogP) is 1.36. The summed E-state index contributed by atoms with van der Waals surface area (Å²) in [5.41, 5.74) is 0.551. The van der Waals surface area contributed by atoms with Crippen LogP contribution in [0.25, 0.3) is 0 Å². The van der Waals surface area contributed by atoms with Crippen molar-refractivity contribution in [2.24, 2.45) is 0 Å². The van der Waals surface area contributed by atoms with Crippen LogP contribution in [0.15, 0.2) is 18.2 Å². The Morgan fingerprint density at radius 1 is 1.47 bits per heavy atom. The molecule has 104 valence electrons. The van der Waals surface area contributed by atoms with Gasteiger partial charge < -0.3 is 20.5 Å². The highest BCUT2D eigenvalue weighted by molar-refractivity contribution is 5.93. The molecule has 1 aromatic carbocycles. The number of carboxylic acids is 1. The summed E-state index contributed by atoms with van der Waals surface area (Å²) in [6, 6.07) is 2.34. The maximum atomic E-state index is 13.5. The molecule has 1 rings (SSSR count). The molecule has 0 saturated carbocycles. The Bertz CT molecular complexity index is 459. The number of amides is 2. The molecule has 0 radical (unpaired) electrons. The first kappa shape index (κ1) is 14.9. The van der Waals surface area contributed by atoms with E-state index in [-0.39, 0.29) is 12.3 Å². The smallest absolute Gasteiger partial charge is 0.328 e. The molecule has 0 saturated heterocycles. The number of aliphatic carboxylic acids is 1. The number of hydrogen-bond acceptors (Lipinski definition) is 3. The topological polar surface area (TPSA) is 87.7 Å². The largest absolute Gasteiger partial charge is 0.480 e. The molecule has 0 heterocycles. The quantitative estimate of drug-likeness (QED) is 0.753. The Labute approximate surface area is 109 Å². The van der Waals surface area contributed by atoms with Crippen LogP contribution in [0.2, 0.25) is 0 Å². The zero-order valence-corrected chi connectivity index (χ0v) is 10.6. The van der Waals surface area contributed by atoms with Gasteiger partial charge in [0, 0.05) is 7.11 Å². The fraction of sp³-hybridized carbons (Fsp3) is 0.333. The average Bonchev–Trinajstić information content (AvgIpc) is 2.33. The molecule has 0 bridgehead atoms. The molecule has 3 N–H and O–H groups in total. The SMILES string of the molecule is COCC(NC(=O)Nc1c(C)cccc1F)C(=O)O. The van der Waals surface area contributed by atoms with Gasteiger partial charge in [0.25, 0.3) is 0 Å². The number of aryl methyl sites for hydroxylation is 1. The van der Waals surface area contributed by atoms with Gasteiger partial charge >= 0.3 is 12.0 Å². The monoisotopic (exact) mass is 270 g/mol. The molecule has 0 aliphatic rings. The normalized spacial score (nSPS) is 11.7. The molecule has 1 aromatic rings. The predicted molar refractivity (Wildman–Crippen MR) is 66.6 cm³/mol. The third-order valence-corrected chi connectivity index (χ3v) is 2.40. The standard InChI is InChI=1S/C12H15FN2O4/c1-7-4-3-5-8(13)10(7)15-12(18)14-9(6-19-2)11(16)17/h3-5,9H,6H2,1-2H3,(H,16,17)(H2,14,15,18). The maximum Gasteiger partial charge on any atom is 0.328 e. The second-order valence-electron chi connectivity index (χ2n) is 3.88. The van der Waals surface area contributed by atoms with E-state index in [0.717, 1.165) is 0 Å². The summed E-state index contributed by atoms with van der Waals surface area (Å²) in [6.07, 6.45) is 0. The minimum Gasteiger partial charge on any atom is -0.480 e. The number of halogens is 1. The molecular formula is C12H15FN2O4. The molecule has 0 spiro atoms. The van der Waals surface area contributed by atoms with Gasteiger partial charge in [-0.2, -0.15) is 0 Å². The molecule has 0 aliphatic carbocycles. The van der Waals surface area contributed by atoms with Crippen molar-refractivity contribution in [1.82, 2.24) is 5.32 Å². The van der Waals surface area contributed by atoms with Gasteiger partial charge in [0.1, 0.15) is 5.82 Å². The molecule has 0 aliphatic heterocycles. The highest BCUT2D eigenvalue weighted by Gasteiger charge is 2.20. The third kappa shape index (κ3) is 4.22. The van der Waals surface area contributed by atoms with Gasteiger partial charge in [-0.3, -0.25) is 0 Å². The van der Waals surface area contributed by atoms with E-state index in [1.807, 2.05) is 0 Å². The van der Waals surface area contributed by atoms with Crippen LogP contribution in [-0.2, 0) is 9.53 Å². The van der Waals surface area contributed by atoms with Gasteiger partial charge in [-0.1, -0.05) is 12.1 Å². The van der Waals surface area contributed by atoms with Gasteiger partial charge in [0.2, 0.25) is 0 Å². The first-order chi connectivity index (χ1) is 8.95. The van der Waals surface area contributed by atoms with Crippen molar-refractivity contribution in [2.45, 2.75) is 13.0 Å². The lowest BCUT2D eigenvalue weighted by Crippen LogP contribution is -2.45. The molecule has 0 fully saturated rings. The number of rotatable bonds is 5. The average molecular weight is 270 g/mol. The van der Waals surface area contributed by atoms with E-state index in [0.29, 0.717) is 5.56 Å². The van der Waals surface area contributed by atoms with Crippen molar-refractivity contribution < 1.29 is 23.8 Å². The van der Waals surface area contributed by atoms with Crippen LogP contribution in [0, 0.1) is 12.7 Å². The van der Waals surface area contributed by atoms with Crippen LogP contribution < -0.4 is 10.6 Å². The van der Waals surface area contributed by atoms with Gasteiger partial charge in [-0.15, -0.1) is 0 Å². The number of anilines is 1. The number of para-hydroxylation sites is 1. The highest BCUT2D eigenvalue weighted by atomic mass is 19.1. The van der Waals surface area contributed by atoms with Crippen LogP contribution in [-0.4, -0.2) is 36.9 Å². The van der Waals surface area contributed by atoms with Crippen molar-refractivity contribution in [3.63, 3.8) is 0 Å². The van der Waals surface area contributed by atoms with E-state index in [1.54, 1.807) is 13.0 Å². The lowest BCUT2D eigenvalue weighted by molar-refractivity contribution is -0.140. The fourth-order valence-electron chi connectivity index (χ4n) is 1.44. The van der Waals surface area contributed by atoms with Crippen molar-refractivity contribution >= 4 is 17.7 Å². The minimum absolute atomic E-state index is 0.0153. The van der Waals surface area contributed by atoms with Crippen molar-refractivity contribution in [3.05, 3.63) is 29.6 Å². The fourth-order valence-corrected chi connectivity index (χ4v) is 1.44. The Kier molecular flexibility index (Phi) is 5.25. The second kappa shape index (κ2) is 6.69. The number of carbonyl (C=O) groups is 2. The first-order valence-corrected chi connectivity index (χ1v) is 5.50. The molecule has 0 aromatic heterocycles. The van der Waals surface area contributed by atoms with Crippen molar-refractivity contribution in [2.75, 3.05) is 19.0 Å². The Hall–Kier alpha value is -2.15. The van der Waals surface area contributed by atoms with Gasteiger partial charge in [-0.05, 0) is 18.6 Å². The number of benzene rings is 1. The lowest BCUT2D eigenvalue weighted by Gasteiger charge is -2.15. The number of hydrogen-bond donors (Lipinski definition) is 3. The van der Waals surface area contributed by atoms with Gasteiger partial charge in [-0.25, -0.2) is 14.0 Å². The summed E-state index contributed by atoms with van der Waals surface area (Å²) in [5.74, 6) is -1.82. The summed E-state index contributed by atoms with van der Waals surface area (Å²) in [7, 11) is 1.32. The van der Waals surface area contributed by atoms with Crippen molar-refractivity contribution in [1.29, 1.82) is 0 Å². The summed E-state index contributed by atoms with van der Waals surface area (Å²) in [6.45, 7) is 1.45. The van der Waals surface area contributed by atoms with E-state index in [1.165, 1.54) is 19.2 Å². The molecule has 7 heteroatoms. The lowest BCUT2D eigenvalue weighted by atomic mass is 10.2. The minimum atomic E-state index is -1.23. The Morgan fingerprint density at radius 2 is 2.16 bits per heavy atom. The zero-order chi connectivity index (χ0) is 14.4. The number of urea groups is 1. The Morgan fingerprint density at radius 3 is 2.68 bits per heavy atom. The summed E-state index contributed by atoms with van der Waals surface area (Å²) >= 11 is 0. The molecule has 2 amide bonds. The van der Waals surface area contributed by atoms with Crippen LogP contribution >= 0.6 is 0 Å². The van der Waals surface area contributed by atoms with E-state index < -0.39 is 23.9 Å². The van der Waals surface area contributed by atoms with E-state index in [4.69, 9.17) is 5.11 Å². The first-order valence-electron chi connectivity index (χ1n) is 5.50. The summed E-state index contributed by atoms with van der Waals surface area (Å²) in [4.78, 5) is 22.4.